The van der Waals surface area contributed by atoms with Crippen LogP contribution in [0.3, 0.4) is 0 Å². The first-order valence-electron chi connectivity index (χ1n) is 7.50. The number of hydrogen-bond donors (Lipinski definition) is 1. The summed E-state index contributed by atoms with van der Waals surface area (Å²) in [5, 5.41) is 0. The number of nitrogens with zero attached hydrogens (tertiary/aromatic N) is 1. The molecule has 1 aromatic rings. The van der Waals surface area contributed by atoms with Gasteiger partial charge in [-0.05, 0) is 37.8 Å². The summed E-state index contributed by atoms with van der Waals surface area (Å²) >= 11 is 0. The Morgan fingerprint density at radius 3 is 2.90 bits per heavy atom. The summed E-state index contributed by atoms with van der Waals surface area (Å²) in [6.07, 6.45) is 2.00. The van der Waals surface area contributed by atoms with Gasteiger partial charge in [0.2, 0.25) is 0 Å². The van der Waals surface area contributed by atoms with E-state index in [4.69, 9.17) is 10.5 Å². The number of piperidine rings is 1. The molecule has 0 radical (unpaired) electrons. The molecule has 2 rings (SSSR count). The highest BCUT2D eigenvalue weighted by atomic mass is 19.1. The lowest BCUT2D eigenvalue weighted by Gasteiger charge is -2.38. The van der Waals surface area contributed by atoms with Gasteiger partial charge in [-0.2, -0.15) is 0 Å². The first-order chi connectivity index (χ1) is 10.1. The van der Waals surface area contributed by atoms with Gasteiger partial charge in [0, 0.05) is 25.6 Å². The molecular formula is C16H23FN2O2. The Balaban J connectivity index is 1.96. The Labute approximate surface area is 125 Å². The summed E-state index contributed by atoms with van der Waals surface area (Å²) < 4.78 is 18.8. The number of para-hydroxylation sites is 1. The van der Waals surface area contributed by atoms with Crippen LogP contribution in [0.2, 0.25) is 0 Å². The molecule has 0 aromatic heterocycles. The molecule has 0 bridgehead atoms. The highest BCUT2D eigenvalue weighted by molar-refractivity contribution is 5.69. The van der Waals surface area contributed by atoms with E-state index < -0.39 is 0 Å². The van der Waals surface area contributed by atoms with Gasteiger partial charge in [-0.25, -0.2) is 4.39 Å². The topological polar surface area (TPSA) is 55.6 Å². The molecular weight excluding hydrogens is 271 g/mol. The van der Waals surface area contributed by atoms with Crippen LogP contribution in [-0.2, 0) is 9.53 Å². The smallest absolute Gasteiger partial charge is 0.305 e. The number of ether oxygens (including phenoxy) is 1. The van der Waals surface area contributed by atoms with Gasteiger partial charge in [-0.3, -0.25) is 4.79 Å². The minimum atomic E-state index is -0.226. The zero-order valence-corrected chi connectivity index (χ0v) is 12.4. The van der Waals surface area contributed by atoms with E-state index >= 15 is 0 Å². The maximum Gasteiger partial charge on any atom is 0.305 e. The van der Waals surface area contributed by atoms with E-state index in [2.05, 4.69) is 0 Å². The van der Waals surface area contributed by atoms with Crippen LogP contribution in [-0.4, -0.2) is 31.7 Å². The quantitative estimate of drug-likeness (QED) is 0.847. The second-order valence-electron chi connectivity index (χ2n) is 5.56. The van der Waals surface area contributed by atoms with E-state index in [1.165, 1.54) is 6.07 Å². The van der Waals surface area contributed by atoms with Gasteiger partial charge in [0.05, 0.1) is 12.3 Å². The number of nitrogens with two attached hydrogens (primary N) is 1. The molecule has 1 saturated heterocycles. The van der Waals surface area contributed by atoms with E-state index in [9.17, 15) is 9.18 Å². The van der Waals surface area contributed by atoms with Crippen molar-refractivity contribution in [3.05, 3.63) is 30.1 Å². The largest absolute Gasteiger partial charge is 0.466 e. The first-order valence-corrected chi connectivity index (χ1v) is 7.50. The number of anilines is 1. The number of esters is 1. The van der Waals surface area contributed by atoms with Crippen molar-refractivity contribution in [2.45, 2.75) is 32.2 Å². The van der Waals surface area contributed by atoms with E-state index in [-0.39, 0.29) is 23.7 Å². The van der Waals surface area contributed by atoms with Crippen LogP contribution in [0.25, 0.3) is 0 Å². The third-order valence-electron chi connectivity index (χ3n) is 3.82. The van der Waals surface area contributed by atoms with Gasteiger partial charge < -0.3 is 15.4 Å². The molecule has 5 heteroatoms. The lowest BCUT2D eigenvalue weighted by atomic mass is 9.90. The van der Waals surface area contributed by atoms with Crippen LogP contribution in [0.5, 0.6) is 0 Å². The molecule has 0 spiro atoms. The molecule has 116 valence electrons. The fourth-order valence-corrected chi connectivity index (χ4v) is 2.92. The van der Waals surface area contributed by atoms with E-state index in [1.807, 2.05) is 11.0 Å². The van der Waals surface area contributed by atoms with Crippen molar-refractivity contribution >= 4 is 11.7 Å². The minimum absolute atomic E-state index is 0.00514. The van der Waals surface area contributed by atoms with E-state index in [0.717, 1.165) is 19.4 Å². The maximum atomic E-state index is 13.9. The van der Waals surface area contributed by atoms with E-state index in [0.29, 0.717) is 25.3 Å². The number of carbonyl (C=O) groups excluding carboxylic acids is 1. The fraction of sp³-hybridized carbons (Fsp3) is 0.562. The fourth-order valence-electron chi connectivity index (χ4n) is 2.92. The van der Waals surface area contributed by atoms with Crippen LogP contribution < -0.4 is 10.6 Å². The molecule has 1 fully saturated rings. The third-order valence-corrected chi connectivity index (χ3v) is 3.82. The average molecular weight is 294 g/mol. The number of carbonyl (C=O) groups is 1. The van der Waals surface area contributed by atoms with Crippen molar-refractivity contribution in [3.8, 4) is 0 Å². The molecule has 2 atom stereocenters. The number of halogens is 1. The molecule has 0 saturated carbocycles. The monoisotopic (exact) mass is 294 g/mol. The van der Waals surface area contributed by atoms with Gasteiger partial charge in [0.25, 0.3) is 0 Å². The lowest BCUT2D eigenvalue weighted by molar-refractivity contribution is -0.143. The molecule has 0 amide bonds. The third kappa shape index (κ3) is 4.43. The minimum Gasteiger partial charge on any atom is -0.466 e. The van der Waals surface area contributed by atoms with Crippen LogP contribution >= 0.6 is 0 Å². The summed E-state index contributed by atoms with van der Waals surface area (Å²) in [6, 6.07) is 6.75. The van der Waals surface area contributed by atoms with Crippen LogP contribution in [0.4, 0.5) is 10.1 Å². The highest BCUT2D eigenvalue weighted by Gasteiger charge is 2.27. The number of rotatable bonds is 5. The van der Waals surface area contributed by atoms with Crippen molar-refractivity contribution in [1.82, 2.24) is 0 Å². The van der Waals surface area contributed by atoms with Crippen molar-refractivity contribution in [1.29, 1.82) is 0 Å². The summed E-state index contributed by atoms with van der Waals surface area (Å²) in [5.74, 6) is -0.109. The van der Waals surface area contributed by atoms with Crippen molar-refractivity contribution < 1.29 is 13.9 Å². The van der Waals surface area contributed by atoms with Gasteiger partial charge in [0.1, 0.15) is 5.82 Å². The molecule has 1 heterocycles. The Hall–Kier alpha value is -1.62. The summed E-state index contributed by atoms with van der Waals surface area (Å²) in [5.41, 5.74) is 6.68. The summed E-state index contributed by atoms with van der Waals surface area (Å²) in [6.45, 7) is 3.59. The molecule has 21 heavy (non-hydrogen) atoms. The second kappa shape index (κ2) is 7.41. The van der Waals surface area contributed by atoms with Gasteiger partial charge in [-0.15, -0.1) is 0 Å². The van der Waals surface area contributed by atoms with Crippen LogP contribution in [0.1, 0.15) is 26.2 Å². The normalized spacial score (nSPS) is 22.1. The SMILES string of the molecule is CCOC(=O)CCC1CC(N)CN(c2ccccc2F)C1. The molecule has 0 aliphatic carbocycles. The lowest BCUT2D eigenvalue weighted by Crippen LogP contribution is -2.47. The zero-order chi connectivity index (χ0) is 15.2. The van der Waals surface area contributed by atoms with Gasteiger partial charge >= 0.3 is 5.97 Å². The van der Waals surface area contributed by atoms with E-state index in [1.54, 1.807) is 19.1 Å². The predicted octanol–water partition coefficient (Wildman–Crippen LogP) is 2.32. The highest BCUT2D eigenvalue weighted by Crippen LogP contribution is 2.27. The molecule has 1 aromatic carbocycles. The predicted molar refractivity (Wildman–Crippen MR) is 80.6 cm³/mol. The number of benzene rings is 1. The van der Waals surface area contributed by atoms with Crippen LogP contribution in [0.15, 0.2) is 24.3 Å². The van der Waals surface area contributed by atoms with Crippen molar-refractivity contribution in [2.75, 3.05) is 24.6 Å². The Kier molecular flexibility index (Phi) is 5.56. The zero-order valence-electron chi connectivity index (χ0n) is 12.4. The summed E-state index contributed by atoms with van der Waals surface area (Å²) in [7, 11) is 0. The second-order valence-corrected chi connectivity index (χ2v) is 5.56. The van der Waals surface area contributed by atoms with Crippen LogP contribution in [0, 0.1) is 11.7 Å². The Morgan fingerprint density at radius 1 is 1.43 bits per heavy atom. The van der Waals surface area contributed by atoms with Crippen molar-refractivity contribution in [2.24, 2.45) is 11.7 Å². The van der Waals surface area contributed by atoms with Gasteiger partial charge in [-0.1, -0.05) is 12.1 Å². The molecule has 1 aliphatic heterocycles. The molecule has 2 N–H and O–H groups in total. The maximum absolute atomic E-state index is 13.9. The molecule has 1 aliphatic rings. The number of hydrogen-bond acceptors (Lipinski definition) is 4. The molecule has 4 nitrogen and oxygen atoms in total. The van der Waals surface area contributed by atoms with Crippen molar-refractivity contribution in [3.63, 3.8) is 0 Å². The summed E-state index contributed by atoms with van der Waals surface area (Å²) in [4.78, 5) is 13.4. The Morgan fingerprint density at radius 2 is 2.19 bits per heavy atom. The van der Waals surface area contributed by atoms with Gasteiger partial charge in [0.15, 0.2) is 0 Å². The first kappa shape index (κ1) is 15.8. The molecule has 2 unspecified atom stereocenters. The standard InChI is InChI=1S/C16H23FN2O2/c1-2-21-16(20)8-7-12-9-13(18)11-19(10-12)15-6-4-3-5-14(15)17/h3-6,12-13H,2,7-11,18H2,1H3. The Bertz CT molecular complexity index is 481. The average Bonchev–Trinajstić information content (AvgIpc) is 2.45.